The average molecular weight is 282 g/mol. The van der Waals surface area contributed by atoms with Gasteiger partial charge in [0.05, 0.1) is 0 Å². The van der Waals surface area contributed by atoms with Gasteiger partial charge in [-0.3, -0.25) is 0 Å². The minimum absolute atomic E-state index is 1.89. The van der Waals surface area contributed by atoms with Crippen LogP contribution in [0, 0.1) is 0 Å². The summed E-state index contributed by atoms with van der Waals surface area (Å²) in [4.78, 5) is 0. The lowest BCUT2D eigenvalue weighted by molar-refractivity contribution is -0.468. The minimum Gasteiger partial charge on any atom is -0.245 e. The molecular weight excluding hydrogens is 278 g/mol. The monoisotopic (exact) mass is 282 g/mol. The number of ether oxygens (including phenoxy) is 1. The lowest BCUT2D eigenvalue weighted by Gasteiger charge is -2.30. The molecule has 0 atom stereocenters. The van der Waals surface area contributed by atoms with Crippen LogP contribution in [0.25, 0.3) is 0 Å². The molecule has 0 heterocycles. The van der Waals surface area contributed by atoms with Gasteiger partial charge >= 0.3 is 24.1 Å². The quantitative estimate of drug-likeness (QED) is 0.678. The van der Waals surface area contributed by atoms with Gasteiger partial charge in [-0.25, -0.2) is 13.5 Å². The van der Waals surface area contributed by atoms with Crippen LogP contribution in [0.1, 0.15) is 0 Å². The zero-order valence-corrected chi connectivity index (χ0v) is 7.60. The predicted molar refractivity (Wildman–Crippen MR) is 32.8 cm³/mol. The minimum atomic E-state index is -6.22. The predicted octanol–water partition coefficient (Wildman–Crippen LogP) is 3.40. The van der Waals surface area contributed by atoms with Crippen LogP contribution in [0.5, 0.6) is 0 Å². The summed E-state index contributed by atoms with van der Waals surface area (Å²) in [7, 11) is 0. The Kier molecular flexibility index (Phi) is 4.30. The molecule has 11 heteroatoms. The maximum absolute atomic E-state index is 12.2. The standard InChI is InChI=1S/C6H4F10O/c7-1-3(9,10)5(13,14)17-6(15,16)4(11,12)2-8/h1-2H2. The summed E-state index contributed by atoms with van der Waals surface area (Å²) >= 11 is 0. The second-order valence-electron chi connectivity index (χ2n) is 2.81. The Bertz CT molecular complexity index is 236. The second kappa shape index (κ2) is 4.50. The summed E-state index contributed by atoms with van der Waals surface area (Å²) in [5.41, 5.74) is 0. The van der Waals surface area contributed by atoms with Gasteiger partial charge in [-0.15, -0.1) is 0 Å². The first-order valence-corrected chi connectivity index (χ1v) is 3.66. The van der Waals surface area contributed by atoms with Crippen LogP contribution in [0.15, 0.2) is 0 Å². The summed E-state index contributed by atoms with van der Waals surface area (Å²) in [6, 6.07) is 0. The highest BCUT2D eigenvalue weighted by molar-refractivity contribution is 4.83. The van der Waals surface area contributed by atoms with Crippen molar-refractivity contribution in [1.29, 1.82) is 0 Å². The Morgan fingerprint density at radius 1 is 0.588 bits per heavy atom. The third-order valence-electron chi connectivity index (χ3n) is 1.44. The van der Waals surface area contributed by atoms with E-state index in [1.54, 1.807) is 0 Å². The molecular formula is C6H4F10O. The molecule has 0 saturated heterocycles. The molecule has 1 nitrogen and oxygen atoms in total. The van der Waals surface area contributed by atoms with Crippen molar-refractivity contribution >= 4 is 0 Å². The van der Waals surface area contributed by atoms with Gasteiger partial charge in [0.1, 0.15) is 0 Å². The maximum Gasteiger partial charge on any atom is 0.426 e. The molecule has 0 amide bonds. The molecule has 0 rings (SSSR count). The summed E-state index contributed by atoms with van der Waals surface area (Å²) < 4.78 is 122. The maximum atomic E-state index is 12.2. The third kappa shape index (κ3) is 3.13. The smallest absolute Gasteiger partial charge is 0.245 e. The lowest BCUT2D eigenvalue weighted by atomic mass is 10.3. The first-order valence-electron chi connectivity index (χ1n) is 3.66. The van der Waals surface area contributed by atoms with Gasteiger partial charge in [0.2, 0.25) is 0 Å². The summed E-state index contributed by atoms with van der Waals surface area (Å²) in [6.07, 6.45) is -12.4. The second-order valence-corrected chi connectivity index (χ2v) is 2.81. The van der Waals surface area contributed by atoms with Gasteiger partial charge in [0.25, 0.3) is 0 Å². The Labute approximate surface area is 87.3 Å². The van der Waals surface area contributed by atoms with Crippen molar-refractivity contribution in [3.8, 4) is 0 Å². The number of alkyl halides is 10. The first kappa shape index (κ1) is 16.3. The number of rotatable bonds is 6. The topological polar surface area (TPSA) is 9.23 Å². The molecule has 0 radical (unpaired) electrons. The van der Waals surface area contributed by atoms with E-state index in [0.717, 1.165) is 0 Å². The van der Waals surface area contributed by atoms with E-state index in [9.17, 15) is 43.9 Å². The molecule has 0 aromatic carbocycles. The highest BCUT2D eigenvalue weighted by atomic mass is 19.3. The van der Waals surface area contributed by atoms with Crippen LogP contribution in [-0.2, 0) is 4.74 Å². The van der Waals surface area contributed by atoms with Gasteiger partial charge < -0.3 is 0 Å². The molecule has 0 unspecified atom stereocenters. The van der Waals surface area contributed by atoms with Crippen molar-refractivity contribution in [2.75, 3.05) is 13.3 Å². The van der Waals surface area contributed by atoms with Crippen LogP contribution in [0.2, 0.25) is 0 Å². The van der Waals surface area contributed by atoms with Gasteiger partial charge in [-0.1, -0.05) is 0 Å². The van der Waals surface area contributed by atoms with E-state index >= 15 is 0 Å². The van der Waals surface area contributed by atoms with E-state index in [0.29, 0.717) is 0 Å². The van der Waals surface area contributed by atoms with Gasteiger partial charge in [-0.05, 0) is 0 Å². The Hall–Kier alpha value is -0.740. The van der Waals surface area contributed by atoms with Crippen LogP contribution < -0.4 is 0 Å². The number of hydrogen-bond donors (Lipinski definition) is 0. The largest absolute Gasteiger partial charge is 0.426 e. The summed E-state index contributed by atoms with van der Waals surface area (Å²) in [5, 5.41) is 0. The normalized spacial score (nSPS) is 15.2. The SMILES string of the molecule is FCC(F)(F)C(F)(F)OC(F)(F)C(F)(F)CF. The molecule has 0 bridgehead atoms. The lowest BCUT2D eigenvalue weighted by Crippen LogP contribution is -2.54. The molecule has 0 aromatic rings. The molecule has 0 fully saturated rings. The van der Waals surface area contributed by atoms with E-state index in [4.69, 9.17) is 0 Å². The molecule has 0 saturated carbocycles. The first-order chi connectivity index (χ1) is 7.33. The number of hydrogen-bond acceptors (Lipinski definition) is 1. The molecule has 104 valence electrons. The van der Waals surface area contributed by atoms with Gasteiger partial charge in [-0.2, -0.15) is 35.1 Å². The molecule has 0 spiro atoms. The fourth-order valence-electron chi connectivity index (χ4n) is 0.466. The zero-order valence-electron chi connectivity index (χ0n) is 7.60. The van der Waals surface area contributed by atoms with Crippen molar-refractivity contribution in [1.82, 2.24) is 0 Å². The van der Waals surface area contributed by atoms with Crippen molar-refractivity contribution in [2.45, 2.75) is 24.1 Å². The summed E-state index contributed by atoms with van der Waals surface area (Å²) in [6.45, 7) is -6.26. The van der Waals surface area contributed by atoms with Gasteiger partial charge in [0, 0.05) is 0 Å². The van der Waals surface area contributed by atoms with E-state index in [2.05, 4.69) is 0 Å². The molecule has 0 aliphatic heterocycles. The number of halogens is 10. The van der Waals surface area contributed by atoms with Crippen LogP contribution in [-0.4, -0.2) is 37.4 Å². The molecule has 0 aromatic heterocycles. The van der Waals surface area contributed by atoms with Crippen molar-refractivity contribution in [3.63, 3.8) is 0 Å². The molecule has 0 N–H and O–H groups in total. The Morgan fingerprint density at radius 2 is 0.824 bits per heavy atom. The van der Waals surface area contributed by atoms with Crippen LogP contribution in [0.3, 0.4) is 0 Å². The fraction of sp³-hybridized carbons (Fsp3) is 1.00. The molecule has 0 aliphatic carbocycles. The van der Waals surface area contributed by atoms with Crippen LogP contribution in [0.4, 0.5) is 43.9 Å². The Morgan fingerprint density at radius 3 is 1.00 bits per heavy atom. The third-order valence-corrected chi connectivity index (χ3v) is 1.44. The summed E-state index contributed by atoms with van der Waals surface area (Å²) in [5.74, 6) is -11.5. The van der Waals surface area contributed by atoms with E-state index < -0.39 is 37.4 Å². The Balaban J connectivity index is 5.07. The molecule has 17 heavy (non-hydrogen) atoms. The van der Waals surface area contributed by atoms with Crippen molar-refractivity contribution < 1.29 is 48.6 Å². The van der Waals surface area contributed by atoms with Crippen LogP contribution >= 0.6 is 0 Å². The van der Waals surface area contributed by atoms with Gasteiger partial charge in [0.15, 0.2) is 13.3 Å². The van der Waals surface area contributed by atoms with E-state index in [1.807, 2.05) is 4.74 Å². The highest BCUT2D eigenvalue weighted by Gasteiger charge is 2.69. The molecule has 0 aliphatic rings. The van der Waals surface area contributed by atoms with Crippen molar-refractivity contribution in [2.24, 2.45) is 0 Å². The van der Waals surface area contributed by atoms with Crippen molar-refractivity contribution in [3.05, 3.63) is 0 Å². The van der Waals surface area contributed by atoms with E-state index in [-0.39, 0.29) is 0 Å². The fourth-order valence-corrected chi connectivity index (χ4v) is 0.466. The zero-order chi connectivity index (χ0) is 14.1. The average Bonchev–Trinajstić information content (AvgIpc) is 2.15. The van der Waals surface area contributed by atoms with E-state index in [1.165, 1.54) is 0 Å². The highest BCUT2D eigenvalue weighted by Crippen LogP contribution is 2.45.